The largest absolute Gasteiger partial charge is 0.281 e. The van der Waals surface area contributed by atoms with Crippen LogP contribution in [0.25, 0.3) is 0 Å². The maximum atomic E-state index is 11.1. The van der Waals surface area contributed by atoms with Gasteiger partial charge < -0.3 is 0 Å². The van der Waals surface area contributed by atoms with Crippen molar-refractivity contribution in [2.75, 3.05) is 0 Å². The van der Waals surface area contributed by atoms with E-state index in [4.69, 9.17) is 11.6 Å². The second-order valence-corrected chi connectivity index (χ2v) is 4.23. The molecule has 1 heterocycles. The Kier molecular flexibility index (Phi) is 3.89. The highest BCUT2D eigenvalue weighted by Gasteiger charge is 2.16. The van der Waals surface area contributed by atoms with E-state index >= 15 is 0 Å². The molecule has 0 fully saturated rings. The summed E-state index contributed by atoms with van der Waals surface area (Å²) in [5.41, 5.74) is 2.09. The third-order valence-corrected chi connectivity index (χ3v) is 2.81. The van der Waals surface area contributed by atoms with Crippen LogP contribution in [0.3, 0.4) is 0 Å². The van der Waals surface area contributed by atoms with E-state index in [0.29, 0.717) is 0 Å². The number of pyridine rings is 1. The molecule has 17 heavy (non-hydrogen) atoms. The summed E-state index contributed by atoms with van der Waals surface area (Å²) in [5.74, 6) is -0.0186. The molecule has 1 aromatic heterocycles. The summed E-state index contributed by atoms with van der Waals surface area (Å²) in [5, 5.41) is -0.331. The van der Waals surface area contributed by atoms with Crippen molar-refractivity contribution < 1.29 is 4.79 Å². The molecule has 0 bridgehead atoms. The first kappa shape index (κ1) is 11.8. The fraction of sp³-hybridized carbons (Fsp3) is 0.143. The molecule has 2 nitrogen and oxygen atoms in total. The Morgan fingerprint density at radius 3 is 2.41 bits per heavy atom. The van der Waals surface area contributed by atoms with Gasteiger partial charge in [0.05, 0.1) is 0 Å². The van der Waals surface area contributed by atoms with Crippen molar-refractivity contribution in [3.05, 3.63) is 66.0 Å². The predicted molar refractivity (Wildman–Crippen MR) is 68.0 cm³/mol. The molecule has 1 aromatic carbocycles. The van der Waals surface area contributed by atoms with Gasteiger partial charge >= 0.3 is 0 Å². The maximum Gasteiger partial charge on any atom is 0.222 e. The van der Waals surface area contributed by atoms with Crippen molar-refractivity contribution in [3.63, 3.8) is 0 Å². The minimum absolute atomic E-state index is 0.0186. The number of carbonyl (C=O) groups excluding carboxylic acids is 1. The molecule has 0 N–H and O–H groups in total. The van der Waals surface area contributed by atoms with Crippen molar-refractivity contribution >= 4 is 16.8 Å². The van der Waals surface area contributed by atoms with Gasteiger partial charge in [0.2, 0.25) is 5.24 Å². The molecule has 0 amide bonds. The number of aromatic nitrogens is 1. The second kappa shape index (κ2) is 5.60. The van der Waals surface area contributed by atoms with Crippen LogP contribution in [-0.2, 0) is 4.79 Å². The molecule has 86 valence electrons. The van der Waals surface area contributed by atoms with E-state index in [1.165, 1.54) is 0 Å². The SMILES string of the molecule is O=C(Cl)CC(c1ccccc1)c1cccnc1. The van der Waals surface area contributed by atoms with E-state index in [0.717, 1.165) is 11.1 Å². The summed E-state index contributed by atoms with van der Waals surface area (Å²) in [6.45, 7) is 0. The Hall–Kier alpha value is -1.67. The molecule has 0 radical (unpaired) electrons. The van der Waals surface area contributed by atoms with Gasteiger partial charge in [0, 0.05) is 24.7 Å². The zero-order chi connectivity index (χ0) is 12.1. The van der Waals surface area contributed by atoms with Gasteiger partial charge in [-0.2, -0.15) is 0 Å². The number of nitrogens with zero attached hydrogens (tertiary/aromatic N) is 1. The van der Waals surface area contributed by atoms with Gasteiger partial charge in [0.15, 0.2) is 0 Å². The van der Waals surface area contributed by atoms with E-state index in [-0.39, 0.29) is 17.6 Å². The highest BCUT2D eigenvalue weighted by atomic mass is 35.5. The molecule has 0 saturated heterocycles. The topological polar surface area (TPSA) is 30.0 Å². The number of halogens is 1. The van der Waals surface area contributed by atoms with Gasteiger partial charge in [-0.25, -0.2) is 0 Å². The Bertz CT molecular complexity index is 445. The molecule has 3 heteroatoms. The van der Waals surface area contributed by atoms with Crippen molar-refractivity contribution in [2.45, 2.75) is 12.3 Å². The highest BCUT2D eigenvalue weighted by Crippen LogP contribution is 2.27. The summed E-state index contributed by atoms with van der Waals surface area (Å²) in [4.78, 5) is 15.2. The Labute approximate surface area is 105 Å². The van der Waals surface area contributed by atoms with Gasteiger partial charge in [-0.05, 0) is 28.8 Å². The fourth-order valence-corrected chi connectivity index (χ4v) is 2.01. The van der Waals surface area contributed by atoms with Crippen LogP contribution >= 0.6 is 11.6 Å². The van der Waals surface area contributed by atoms with E-state index in [1.54, 1.807) is 12.4 Å². The molecule has 1 unspecified atom stereocenters. The molecule has 0 spiro atoms. The van der Waals surface area contributed by atoms with Crippen LogP contribution in [-0.4, -0.2) is 10.2 Å². The lowest BCUT2D eigenvalue weighted by Crippen LogP contribution is -2.05. The first-order valence-corrected chi connectivity index (χ1v) is 5.78. The van der Waals surface area contributed by atoms with Crippen LogP contribution in [0.1, 0.15) is 23.5 Å². The minimum atomic E-state index is -0.331. The van der Waals surface area contributed by atoms with Crippen molar-refractivity contribution in [1.82, 2.24) is 4.98 Å². The third-order valence-electron chi connectivity index (χ3n) is 2.65. The van der Waals surface area contributed by atoms with Crippen molar-refractivity contribution in [3.8, 4) is 0 Å². The van der Waals surface area contributed by atoms with Crippen LogP contribution in [0.5, 0.6) is 0 Å². The summed E-state index contributed by atoms with van der Waals surface area (Å²) in [6, 6.07) is 13.7. The Morgan fingerprint density at radius 2 is 1.82 bits per heavy atom. The van der Waals surface area contributed by atoms with E-state index in [1.807, 2.05) is 42.5 Å². The van der Waals surface area contributed by atoms with Crippen molar-refractivity contribution in [1.29, 1.82) is 0 Å². The van der Waals surface area contributed by atoms with Crippen LogP contribution in [0, 0.1) is 0 Å². The van der Waals surface area contributed by atoms with Gasteiger partial charge in [0.25, 0.3) is 0 Å². The first-order chi connectivity index (χ1) is 8.27. The van der Waals surface area contributed by atoms with Crippen LogP contribution in [0.4, 0.5) is 0 Å². The predicted octanol–water partition coefficient (Wildman–Crippen LogP) is 3.37. The van der Waals surface area contributed by atoms with E-state index < -0.39 is 0 Å². The Balaban J connectivity index is 2.36. The lowest BCUT2D eigenvalue weighted by atomic mass is 9.90. The number of benzene rings is 1. The molecule has 0 aliphatic carbocycles. The molecule has 2 rings (SSSR count). The summed E-state index contributed by atoms with van der Waals surface area (Å²) in [6.07, 6.45) is 3.78. The summed E-state index contributed by atoms with van der Waals surface area (Å²) >= 11 is 5.51. The fourth-order valence-electron chi connectivity index (χ4n) is 1.86. The van der Waals surface area contributed by atoms with E-state index in [2.05, 4.69) is 4.98 Å². The summed E-state index contributed by atoms with van der Waals surface area (Å²) < 4.78 is 0. The zero-order valence-corrected chi connectivity index (χ0v) is 9.97. The van der Waals surface area contributed by atoms with E-state index in [9.17, 15) is 4.79 Å². The lowest BCUT2D eigenvalue weighted by Gasteiger charge is -2.15. The Morgan fingerprint density at radius 1 is 1.12 bits per heavy atom. The average Bonchev–Trinajstić information content (AvgIpc) is 2.38. The average molecular weight is 246 g/mol. The van der Waals surface area contributed by atoms with Crippen LogP contribution in [0.15, 0.2) is 54.9 Å². The van der Waals surface area contributed by atoms with Gasteiger partial charge in [-0.1, -0.05) is 36.4 Å². The van der Waals surface area contributed by atoms with Crippen LogP contribution in [0.2, 0.25) is 0 Å². The lowest BCUT2D eigenvalue weighted by molar-refractivity contribution is -0.111. The molecule has 0 saturated carbocycles. The monoisotopic (exact) mass is 245 g/mol. The third kappa shape index (κ3) is 3.14. The smallest absolute Gasteiger partial charge is 0.222 e. The molecule has 0 aliphatic heterocycles. The molecular weight excluding hydrogens is 234 g/mol. The quantitative estimate of drug-likeness (QED) is 0.773. The number of hydrogen-bond donors (Lipinski definition) is 0. The number of carbonyl (C=O) groups is 1. The van der Waals surface area contributed by atoms with Gasteiger partial charge in [-0.15, -0.1) is 0 Å². The van der Waals surface area contributed by atoms with Crippen molar-refractivity contribution in [2.24, 2.45) is 0 Å². The molecular formula is C14H12ClNO. The highest BCUT2D eigenvalue weighted by molar-refractivity contribution is 6.63. The molecule has 1 atom stereocenters. The number of hydrogen-bond acceptors (Lipinski definition) is 2. The number of rotatable bonds is 4. The standard InChI is InChI=1S/C14H12ClNO/c15-14(17)9-13(11-5-2-1-3-6-11)12-7-4-8-16-10-12/h1-8,10,13H,9H2. The van der Waals surface area contributed by atoms with Gasteiger partial charge in [0.1, 0.15) is 0 Å². The summed E-state index contributed by atoms with van der Waals surface area (Å²) in [7, 11) is 0. The maximum absolute atomic E-state index is 11.1. The molecule has 0 aliphatic rings. The van der Waals surface area contributed by atoms with Gasteiger partial charge in [-0.3, -0.25) is 9.78 Å². The normalized spacial score (nSPS) is 12.1. The minimum Gasteiger partial charge on any atom is -0.281 e. The molecule has 2 aromatic rings. The zero-order valence-electron chi connectivity index (χ0n) is 9.21. The first-order valence-electron chi connectivity index (χ1n) is 5.40. The second-order valence-electron chi connectivity index (χ2n) is 3.81. The van der Waals surface area contributed by atoms with Crippen LogP contribution < -0.4 is 0 Å².